The van der Waals surface area contributed by atoms with E-state index in [1.165, 1.54) is 25.3 Å². The highest BCUT2D eigenvalue weighted by Gasteiger charge is 2.16. The lowest BCUT2D eigenvalue weighted by atomic mass is 10.2. The van der Waals surface area contributed by atoms with Gasteiger partial charge in [-0.3, -0.25) is 14.5 Å². The molecule has 1 heterocycles. The molecular formula is C14H14N2O3S. The van der Waals surface area contributed by atoms with Crippen molar-refractivity contribution in [1.82, 2.24) is 4.98 Å². The Labute approximate surface area is 117 Å². The second-order valence-electron chi connectivity index (χ2n) is 4.38. The average molecular weight is 290 g/mol. The van der Waals surface area contributed by atoms with Crippen LogP contribution in [0.25, 0.3) is 0 Å². The van der Waals surface area contributed by atoms with Crippen molar-refractivity contribution in [2.45, 2.75) is 18.7 Å². The minimum atomic E-state index is -3.73. The number of rotatable bonds is 4. The summed E-state index contributed by atoms with van der Waals surface area (Å²) in [6.07, 6.45) is 3.03. The summed E-state index contributed by atoms with van der Waals surface area (Å²) in [5.41, 5.74) is 1.54. The Bertz CT molecular complexity index is 755. The van der Waals surface area contributed by atoms with Crippen molar-refractivity contribution < 1.29 is 13.2 Å². The largest absolute Gasteiger partial charge is 0.295 e. The molecule has 1 aromatic heterocycles. The fourth-order valence-electron chi connectivity index (χ4n) is 1.66. The van der Waals surface area contributed by atoms with Crippen LogP contribution in [0, 0.1) is 6.92 Å². The molecule has 0 aliphatic heterocycles. The molecule has 0 aliphatic rings. The number of nitrogens with one attached hydrogen (secondary N) is 1. The summed E-state index contributed by atoms with van der Waals surface area (Å²) in [4.78, 5) is 15.2. The third-order valence-electron chi connectivity index (χ3n) is 2.83. The number of hydrogen-bond acceptors (Lipinski definition) is 4. The molecule has 0 amide bonds. The van der Waals surface area contributed by atoms with E-state index in [9.17, 15) is 13.2 Å². The summed E-state index contributed by atoms with van der Waals surface area (Å²) in [7, 11) is -3.73. The number of nitrogens with zero attached hydrogens (tertiary/aromatic N) is 1. The maximum atomic E-state index is 12.3. The highest BCUT2D eigenvalue weighted by Crippen LogP contribution is 2.19. The van der Waals surface area contributed by atoms with E-state index in [-0.39, 0.29) is 10.7 Å². The van der Waals surface area contributed by atoms with Crippen molar-refractivity contribution in [3.05, 3.63) is 53.9 Å². The van der Waals surface area contributed by atoms with Gasteiger partial charge in [-0.05, 0) is 37.6 Å². The van der Waals surface area contributed by atoms with Crippen LogP contribution in [0.2, 0.25) is 0 Å². The molecule has 0 saturated carbocycles. The van der Waals surface area contributed by atoms with Gasteiger partial charge in [-0.25, -0.2) is 8.42 Å². The first kappa shape index (κ1) is 14.2. The zero-order valence-corrected chi connectivity index (χ0v) is 11.9. The Balaban J connectivity index is 2.38. The van der Waals surface area contributed by atoms with Crippen molar-refractivity contribution in [2.24, 2.45) is 0 Å². The fraction of sp³-hybridized carbons (Fsp3) is 0.143. The number of Topliss-reactive ketones (excluding diaryl/α,β-unsaturated/α-hetero) is 1. The normalized spacial score (nSPS) is 11.1. The van der Waals surface area contributed by atoms with Gasteiger partial charge in [-0.1, -0.05) is 12.1 Å². The zero-order chi connectivity index (χ0) is 14.8. The van der Waals surface area contributed by atoms with Crippen molar-refractivity contribution in [3.8, 4) is 0 Å². The molecule has 1 N–H and O–H groups in total. The molecule has 0 radical (unpaired) electrons. The van der Waals surface area contributed by atoms with Crippen LogP contribution in [0.1, 0.15) is 22.8 Å². The second-order valence-corrected chi connectivity index (χ2v) is 6.06. The molecule has 0 spiro atoms. The van der Waals surface area contributed by atoms with E-state index in [1.54, 1.807) is 31.3 Å². The predicted molar refractivity (Wildman–Crippen MR) is 76.2 cm³/mol. The van der Waals surface area contributed by atoms with Gasteiger partial charge >= 0.3 is 0 Å². The smallest absolute Gasteiger partial charge is 0.261 e. The Kier molecular flexibility index (Phi) is 3.85. The molecule has 0 unspecified atom stereocenters. The number of benzene rings is 1. The average Bonchev–Trinajstić information content (AvgIpc) is 2.41. The number of aromatic nitrogens is 1. The number of hydrogen-bond donors (Lipinski definition) is 1. The number of ketones is 1. The minimum absolute atomic E-state index is 0.0495. The van der Waals surface area contributed by atoms with E-state index in [4.69, 9.17) is 0 Å². The Hall–Kier alpha value is -2.21. The van der Waals surface area contributed by atoms with Crippen LogP contribution in [-0.4, -0.2) is 19.2 Å². The van der Waals surface area contributed by atoms with Crippen molar-refractivity contribution >= 4 is 21.5 Å². The van der Waals surface area contributed by atoms with Gasteiger partial charge in [0.2, 0.25) is 0 Å². The standard InChI is InChI=1S/C14H14N2O3S/c1-10-6-7-15-9-14(10)16-20(18,19)13-5-3-4-12(8-13)11(2)17/h3-9,16H,1-2H3. The molecular weight excluding hydrogens is 276 g/mol. The lowest BCUT2D eigenvalue weighted by Crippen LogP contribution is -2.14. The van der Waals surface area contributed by atoms with E-state index in [0.717, 1.165) is 5.56 Å². The minimum Gasteiger partial charge on any atom is -0.295 e. The van der Waals surface area contributed by atoms with Crippen LogP contribution in [0.5, 0.6) is 0 Å². The lowest BCUT2D eigenvalue weighted by Gasteiger charge is -2.10. The van der Waals surface area contributed by atoms with E-state index >= 15 is 0 Å². The highest BCUT2D eigenvalue weighted by atomic mass is 32.2. The second kappa shape index (κ2) is 5.42. The number of anilines is 1. The number of aryl methyl sites for hydroxylation is 1. The zero-order valence-electron chi connectivity index (χ0n) is 11.1. The van der Waals surface area contributed by atoms with E-state index in [1.807, 2.05) is 0 Å². The summed E-state index contributed by atoms with van der Waals surface area (Å²) < 4.78 is 27.0. The number of carbonyl (C=O) groups is 1. The molecule has 2 rings (SSSR count). The molecule has 0 fully saturated rings. The maximum Gasteiger partial charge on any atom is 0.261 e. The fourth-order valence-corrected chi connectivity index (χ4v) is 2.82. The Morgan fingerprint density at radius 2 is 2.00 bits per heavy atom. The van der Waals surface area contributed by atoms with Gasteiger partial charge in [-0.15, -0.1) is 0 Å². The number of pyridine rings is 1. The summed E-state index contributed by atoms with van der Waals surface area (Å²) >= 11 is 0. The van der Waals surface area contributed by atoms with Gasteiger partial charge < -0.3 is 0 Å². The van der Waals surface area contributed by atoms with E-state index < -0.39 is 10.0 Å². The van der Waals surface area contributed by atoms with Crippen LogP contribution in [-0.2, 0) is 10.0 Å². The predicted octanol–water partition coefficient (Wildman–Crippen LogP) is 2.39. The molecule has 0 saturated heterocycles. The van der Waals surface area contributed by atoms with Gasteiger partial charge in [0.15, 0.2) is 5.78 Å². The van der Waals surface area contributed by atoms with Gasteiger partial charge in [0.05, 0.1) is 16.8 Å². The van der Waals surface area contributed by atoms with E-state index in [0.29, 0.717) is 11.3 Å². The Morgan fingerprint density at radius 3 is 2.65 bits per heavy atom. The van der Waals surface area contributed by atoms with Crippen molar-refractivity contribution in [3.63, 3.8) is 0 Å². The third kappa shape index (κ3) is 3.03. The first-order valence-electron chi connectivity index (χ1n) is 5.94. The molecule has 1 aromatic carbocycles. The highest BCUT2D eigenvalue weighted by molar-refractivity contribution is 7.92. The summed E-state index contributed by atoms with van der Waals surface area (Å²) in [5, 5.41) is 0. The molecule has 0 atom stereocenters. The molecule has 0 aliphatic carbocycles. The summed E-state index contributed by atoms with van der Waals surface area (Å²) in [6.45, 7) is 3.18. The first-order valence-corrected chi connectivity index (χ1v) is 7.43. The van der Waals surface area contributed by atoms with Crippen LogP contribution in [0.15, 0.2) is 47.6 Å². The summed E-state index contributed by atoms with van der Waals surface area (Å²) in [6, 6.07) is 7.64. The quantitative estimate of drug-likeness (QED) is 0.877. The van der Waals surface area contributed by atoms with Crippen LogP contribution >= 0.6 is 0 Å². The van der Waals surface area contributed by atoms with Crippen molar-refractivity contribution in [2.75, 3.05) is 4.72 Å². The number of sulfonamides is 1. The van der Waals surface area contributed by atoms with Crippen LogP contribution in [0.3, 0.4) is 0 Å². The topological polar surface area (TPSA) is 76.1 Å². The first-order chi connectivity index (χ1) is 9.40. The molecule has 6 heteroatoms. The maximum absolute atomic E-state index is 12.3. The van der Waals surface area contributed by atoms with Crippen molar-refractivity contribution in [1.29, 1.82) is 0 Å². The monoisotopic (exact) mass is 290 g/mol. The SMILES string of the molecule is CC(=O)c1cccc(S(=O)(=O)Nc2cnccc2C)c1. The van der Waals surface area contributed by atoms with Crippen LogP contribution < -0.4 is 4.72 Å². The van der Waals surface area contributed by atoms with Gasteiger partial charge in [0.25, 0.3) is 10.0 Å². The van der Waals surface area contributed by atoms with E-state index in [2.05, 4.69) is 9.71 Å². The third-order valence-corrected chi connectivity index (χ3v) is 4.20. The lowest BCUT2D eigenvalue weighted by molar-refractivity contribution is 0.101. The molecule has 2 aromatic rings. The number of carbonyl (C=O) groups excluding carboxylic acids is 1. The Morgan fingerprint density at radius 1 is 1.25 bits per heavy atom. The molecule has 0 bridgehead atoms. The summed E-state index contributed by atoms with van der Waals surface area (Å²) in [5.74, 6) is -0.181. The molecule has 20 heavy (non-hydrogen) atoms. The van der Waals surface area contributed by atoms with Crippen LogP contribution in [0.4, 0.5) is 5.69 Å². The van der Waals surface area contributed by atoms with Gasteiger partial charge in [-0.2, -0.15) is 0 Å². The van der Waals surface area contributed by atoms with Gasteiger partial charge in [0, 0.05) is 11.8 Å². The van der Waals surface area contributed by atoms with Gasteiger partial charge in [0.1, 0.15) is 0 Å². The molecule has 104 valence electrons. The molecule has 5 nitrogen and oxygen atoms in total.